The number of nitrogens with zero attached hydrogens (tertiary/aromatic N) is 6. The van der Waals surface area contributed by atoms with Crippen LogP contribution in [0.2, 0.25) is 5.15 Å². The number of ether oxygens (including phenoxy) is 4. The van der Waals surface area contributed by atoms with Crippen LogP contribution in [-0.2, 0) is 9.47 Å². The molecule has 0 bridgehead atoms. The number of thiazole rings is 2. The third-order valence-electron chi connectivity index (χ3n) is 10.1. The summed E-state index contributed by atoms with van der Waals surface area (Å²) >= 11 is 8.57. The van der Waals surface area contributed by atoms with Gasteiger partial charge in [-0.1, -0.05) is 11.6 Å². The maximum atomic E-state index is 12.0. The molecule has 7 N–H and O–H groups in total. The molecule has 0 unspecified atom stereocenters. The Balaban J connectivity index is 0.000000178. The number of carbonyl (C=O) groups is 2. The van der Waals surface area contributed by atoms with E-state index in [1.165, 1.54) is 22.7 Å². The van der Waals surface area contributed by atoms with Gasteiger partial charge in [-0.05, 0) is 55.3 Å². The number of nitrogens with one attached hydrogen (secondary N) is 5. The molecule has 2 aromatic carbocycles. The van der Waals surface area contributed by atoms with Gasteiger partial charge in [0, 0.05) is 93.6 Å². The molecule has 0 saturated carbocycles. The molecule has 6 aromatic rings. The molecule has 21 heteroatoms. The molecule has 6 heterocycles. The van der Waals surface area contributed by atoms with Crippen LogP contribution in [0.3, 0.4) is 0 Å². The molecule has 2 fully saturated rings. The Morgan fingerprint density at radius 3 is 1.68 bits per heavy atom. The van der Waals surface area contributed by atoms with E-state index in [4.69, 9.17) is 36.3 Å². The zero-order chi connectivity index (χ0) is 46.3. The number of rotatable bonds is 12. The summed E-state index contributed by atoms with van der Waals surface area (Å²) in [4.78, 5) is 44.8. The highest BCUT2D eigenvalue weighted by Gasteiger charge is 2.18. The van der Waals surface area contributed by atoms with E-state index in [1.54, 1.807) is 57.8 Å². The molecule has 2 amide bonds. The summed E-state index contributed by atoms with van der Waals surface area (Å²) < 4.78 is 21.6. The van der Waals surface area contributed by atoms with Crippen molar-refractivity contribution < 1.29 is 28.5 Å². The second-order valence-electron chi connectivity index (χ2n) is 14.3. The van der Waals surface area contributed by atoms with Gasteiger partial charge < -0.3 is 61.1 Å². The topological polar surface area (TPSA) is 215 Å². The highest BCUT2D eigenvalue weighted by molar-refractivity contribution is 7.14. The Kier molecular flexibility index (Phi) is 17.3. The Labute approximate surface area is 390 Å². The van der Waals surface area contributed by atoms with Crippen molar-refractivity contribution in [3.8, 4) is 11.5 Å². The number of nitrogen functional groups attached to an aromatic ring is 1. The fourth-order valence-electron chi connectivity index (χ4n) is 6.49. The fourth-order valence-corrected chi connectivity index (χ4v) is 8.03. The van der Waals surface area contributed by atoms with Gasteiger partial charge >= 0.3 is 0 Å². The lowest BCUT2D eigenvalue weighted by Gasteiger charge is -2.29. The van der Waals surface area contributed by atoms with E-state index < -0.39 is 0 Å². The van der Waals surface area contributed by atoms with E-state index >= 15 is 0 Å². The Morgan fingerprint density at radius 1 is 0.662 bits per heavy atom. The zero-order valence-corrected chi connectivity index (χ0v) is 39.4. The number of hydrogen-bond donors (Lipinski definition) is 6. The van der Waals surface area contributed by atoms with Crippen LogP contribution in [0, 0.1) is 13.8 Å². The monoisotopic (exact) mass is 944 g/mol. The lowest BCUT2D eigenvalue weighted by atomic mass is 10.2. The average Bonchev–Trinajstić information content (AvgIpc) is 4.02. The van der Waals surface area contributed by atoms with Crippen LogP contribution in [0.1, 0.15) is 32.1 Å². The molecular formula is C44H53ClN12O6S2. The number of halogens is 1. The van der Waals surface area contributed by atoms with Crippen LogP contribution in [0.25, 0.3) is 0 Å². The van der Waals surface area contributed by atoms with Crippen molar-refractivity contribution in [2.45, 2.75) is 13.8 Å². The highest BCUT2D eigenvalue weighted by atomic mass is 35.5. The van der Waals surface area contributed by atoms with Gasteiger partial charge in [-0.25, -0.2) is 19.9 Å². The Morgan fingerprint density at radius 2 is 1.15 bits per heavy atom. The van der Waals surface area contributed by atoms with Gasteiger partial charge in [0.15, 0.2) is 11.4 Å². The van der Waals surface area contributed by atoms with Crippen molar-refractivity contribution in [2.75, 3.05) is 112 Å². The van der Waals surface area contributed by atoms with Crippen molar-refractivity contribution in [2.24, 2.45) is 0 Å². The summed E-state index contributed by atoms with van der Waals surface area (Å²) in [6.45, 7) is 10.5. The first kappa shape index (κ1) is 48.0. The number of hydrogen-bond acceptors (Lipinski definition) is 18. The molecule has 0 aliphatic carbocycles. The second kappa shape index (κ2) is 23.5. The zero-order valence-electron chi connectivity index (χ0n) is 37.0. The molecule has 344 valence electrons. The minimum absolute atomic E-state index is 0.225. The molecule has 2 aliphatic rings. The molecule has 2 saturated heterocycles. The van der Waals surface area contributed by atoms with E-state index in [9.17, 15) is 9.59 Å². The standard InChI is InChI=1S/C22H26N6O3S.C11H11ClN4OS.C11H16N2O2/c1-14-12-24-19(11-17(14)27-22-20(21(29)23-2)25-13-32-22)26-16-5-4-15(10-18(16)30-3)28-6-8-31-9-7-28;1-6-4-14-8(12)3-7(6)16-11-9(10(17)13-2)15-5-18-11;1-14-11-8-9(2-3-10(11)12)13-4-6-15-7-5-13/h4-5,10-13H,6-9H2,1-3H3,(H,23,29)(H2,24,26,27);3-5H,1-2H3,(H,13,17)(H,14,16);2-3,8H,4-7,12H2,1H3. The SMILES string of the molecule is CNC(=O)c1ncsc1Nc1cc(Cl)ncc1C.CNC(=O)c1ncsc1Nc1cc(Nc2ccc(N3CCOCC3)cc2OC)ncc1C.COc1cc(N2CCOCC2)ccc1N. The van der Waals surface area contributed by atoms with Crippen LogP contribution >= 0.6 is 34.3 Å². The average molecular weight is 946 g/mol. The molecule has 18 nitrogen and oxygen atoms in total. The van der Waals surface area contributed by atoms with Gasteiger partial charge in [0.05, 0.1) is 63.0 Å². The first-order chi connectivity index (χ1) is 31.5. The number of nitrogens with two attached hydrogens (primary N) is 1. The van der Waals surface area contributed by atoms with Gasteiger partial charge in [0.25, 0.3) is 11.8 Å². The number of methoxy groups -OCH3 is 2. The lowest BCUT2D eigenvalue weighted by Crippen LogP contribution is -2.36. The maximum Gasteiger partial charge on any atom is 0.272 e. The molecular weight excluding hydrogens is 892 g/mol. The number of amides is 2. The minimum atomic E-state index is -0.232. The summed E-state index contributed by atoms with van der Waals surface area (Å²) in [6.07, 6.45) is 3.45. The number of benzene rings is 2. The largest absolute Gasteiger partial charge is 0.495 e. The van der Waals surface area contributed by atoms with Crippen LogP contribution in [0.15, 0.2) is 71.9 Å². The minimum Gasteiger partial charge on any atom is -0.495 e. The van der Waals surface area contributed by atoms with Gasteiger partial charge in [-0.2, -0.15) is 0 Å². The van der Waals surface area contributed by atoms with Crippen LogP contribution in [-0.4, -0.2) is 113 Å². The van der Waals surface area contributed by atoms with E-state index in [0.29, 0.717) is 38.0 Å². The van der Waals surface area contributed by atoms with Crippen molar-refractivity contribution in [3.05, 3.63) is 99.6 Å². The summed E-state index contributed by atoms with van der Waals surface area (Å²) in [5.74, 6) is 1.66. The maximum absolute atomic E-state index is 12.0. The Bertz CT molecular complexity index is 2530. The number of aromatic nitrogens is 4. The Hall–Kier alpha value is -6.45. The van der Waals surface area contributed by atoms with Gasteiger partial charge in [0.1, 0.15) is 32.5 Å². The van der Waals surface area contributed by atoms with Crippen LogP contribution in [0.4, 0.5) is 49.9 Å². The number of aryl methyl sites for hydroxylation is 2. The van der Waals surface area contributed by atoms with Crippen molar-refractivity contribution in [3.63, 3.8) is 0 Å². The van der Waals surface area contributed by atoms with Crippen molar-refractivity contribution in [1.29, 1.82) is 0 Å². The predicted octanol–water partition coefficient (Wildman–Crippen LogP) is 7.26. The highest BCUT2D eigenvalue weighted by Crippen LogP contribution is 2.34. The summed E-state index contributed by atoms with van der Waals surface area (Å²) in [5, 5.41) is 16.7. The second-order valence-corrected chi connectivity index (χ2v) is 16.4. The lowest BCUT2D eigenvalue weighted by molar-refractivity contribution is 0.0951. The summed E-state index contributed by atoms with van der Waals surface area (Å²) in [5.41, 5.74) is 17.0. The van der Waals surface area contributed by atoms with E-state index in [1.807, 2.05) is 50.2 Å². The van der Waals surface area contributed by atoms with Crippen molar-refractivity contribution >= 4 is 96.0 Å². The quantitative estimate of drug-likeness (QED) is 0.0526. The van der Waals surface area contributed by atoms with Gasteiger partial charge in [0.2, 0.25) is 0 Å². The van der Waals surface area contributed by atoms with E-state index in [2.05, 4.69) is 62.4 Å². The molecule has 2 aliphatic heterocycles. The predicted molar refractivity (Wildman–Crippen MR) is 260 cm³/mol. The van der Waals surface area contributed by atoms with Crippen LogP contribution in [0.5, 0.6) is 11.5 Å². The first-order valence-corrected chi connectivity index (χ1v) is 22.6. The fraction of sp³-hybridized carbons (Fsp3) is 0.318. The van der Waals surface area contributed by atoms with Gasteiger partial charge in [-0.3, -0.25) is 9.59 Å². The molecule has 0 radical (unpaired) electrons. The third kappa shape index (κ3) is 12.9. The number of anilines is 9. The van der Waals surface area contributed by atoms with Crippen molar-refractivity contribution in [1.82, 2.24) is 30.6 Å². The van der Waals surface area contributed by atoms with E-state index in [-0.39, 0.29) is 11.8 Å². The van der Waals surface area contributed by atoms with Crippen LogP contribution < -0.4 is 51.6 Å². The first-order valence-electron chi connectivity index (χ1n) is 20.5. The molecule has 8 rings (SSSR count). The van der Waals surface area contributed by atoms with E-state index in [0.717, 1.165) is 104 Å². The summed E-state index contributed by atoms with van der Waals surface area (Å²) in [6, 6.07) is 15.6. The smallest absolute Gasteiger partial charge is 0.272 e. The van der Waals surface area contributed by atoms with Gasteiger partial charge in [-0.15, -0.1) is 22.7 Å². The molecule has 0 atom stereocenters. The summed E-state index contributed by atoms with van der Waals surface area (Å²) in [7, 11) is 6.45. The number of carbonyl (C=O) groups excluding carboxylic acids is 2. The third-order valence-corrected chi connectivity index (χ3v) is 11.8. The molecule has 0 spiro atoms. The molecule has 65 heavy (non-hydrogen) atoms. The number of pyridine rings is 2. The normalized spacial score (nSPS) is 13.3. The number of morpholine rings is 2. The molecule has 4 aromatic heterocycles.